The highest BCUT2D eigenvalue weighted by Crippen LogP contribution is 2.23. The maximum Gasteiger partial charge on any atom is 0.336 e. The van der Waals surface area contributed by atoms with Crippen LogP contribution in [0.2, 0.25) is 0 Å². The van der Waals surface area contributed by atoms with Crippen LogP contribution in [-0.4, -0.2) is 33.6 Å². The van der Waals surface area contributed by atoms with E-state index in [4.69, 9.17) is 5.11 Å². The molecule has 0 aliphatic heterocycles. The first-order valence-electron chi connectivity index (χ1n) is 6.54. The Hall–Kier alpha value is -2.06. The fourth-order valence-electron chi connectivity index (χ4n) is 1.88. The van der Waals surface area contributed by atoms with Crippen molar-refractivity contribution in [3.63, 3.8) is 0 Å². The minimum atomic E-state index is -3.87. The quantitative estimate of drug-likeness (QED) is 0.807. The lowest BCUT2D eigenvalue weighted by atomic mass is 10.2. The second-order valence-electron chi connectivity index (χ2n) is 4.99. The van der Waals surface area contributed by atoms with Gasteiger partial charge in [0.2, 0.25) is 0 Å². The fraction of sp³-hybridized carbons (Fsp3) is 0.133. The fourth-order valence-corrected chi connectivity index (χ4v) is 3.38. The normalized spacial score (nSPS) is 11.1. The van der Waals surface area contributed by atoms with Gasteiger partial charge < -0.3 is 10.0 Å². The molecule has 23 heavy (non-hydrogen) atoms. The van der Waals surface area contributed by atoms with E-state index in [0.717, 1.165) is 11.8 Å². The zero-order chi connectivity index (χ0) is 17.2. The summed E-state index contributed by atoms with van der Waals surface area (Å²) in [6.45, 7) is 0. The van der Waals surface area contributed by atoms with Crippen molar-refractivity contribution in [3.8, 4) is 0 Å². The lowest BCUT2D eigenvalue weighted by Crippen LogP contribution is -2.14. The number of anilines is 2. The summed E-state index contributed by atoms with van der Waals surface area (Å²) in [7, 11) is -0.100. The molecule has 2 rings (SSSR count). The first-order chi connectivity index (χ1) is 10.7. The third kappa shape index (κ3) is 4.02. The highest BCUT2D eigenvalue weighted by Gasteiger charge is 2.18. The summed E-state index contributed by atoms with van der Waals surface area (Å²) >= 11 is 3.09. The van der Waals surface area contributed by atoms with Gasteiger partial charge in [-0.3, -0.25) is 4.72 Å². The molecule has 0 aliphatic rings. The molecule has 2 aromatic rings. The number of carboxylic acid groups (broad SMARTS) is 1. The minimum Gasteiger partial charge on any atom is -0.478 e. The number of halogens is 1. The summed E-state index contributed by atoms with van der Waals surface area (Å²) < 4.78 is 27.5. The zero-order valence-electron chi connectivity index (χ0n) is 12.4. The van der Waals surface area contributed by atoms with Crippen molar-refractivity contribution in [1.29, 1.82) is 0 Å². The van der Waals surface area contributed by atoms with Gasteiger partial charge in [-0.25, -0.2) is 13.2 Å². The van der Waals surface area contributed by atoms with Gasteiger partial charge in [-0.2, -0.15) is 0 Å². The molecule has 0 heterocycles. The molecule has 0 saturated heterocycles. The van der Waals surface area contributed by atoms with E-state index in [1.165, 1.54) is 12.1 Å². The van der Waals surface area contributed by atoms with E-state index in [9.17, 15) is 13.2 Å². The summed E-state index contributed by atoms with van der Waals surface area (Å²) in [6, 6.07) is 10.7. The number of aromatic carboxylic acids is 1. The van der Waals surface area contributed by atoms with E-state index in [-0.39, 0.29) is 10.5 Å². The Bertz CT molecular complexity index is 833. The van der Waals surface area contributed by atoms with Crippen LogP contribution in [0.3, 0.4) is 0 Å². The summed E-state index contributed by atoms with van der Waals surface area (Å²) in [5.74, 6) is -1.20. The van der Waals surface area contributed by atoms with Gasteiger partial charge in [0.15, 0.2) is 0 Å². The van der Waals surface area contributed by atoms with Crippen molar-refractivity contribution in [1.82, 2.24) is 0 Å². The smallest absolute Gasteiger partial charge is 0.336 e. The SMILES string of the molecule is CN(C)c1ccc(NS(=O)(=O)c2ccc(Br)c(C(=O)O)c2)cc1. The molecule has 0 atom stereocenters. The standard InChI is InChI=1S/C15H15BrN2O4S/c1-18(2)11-5-3-10(4-6-11)17-23(21,22)12-7-8-14(16)13(9-12)15(19)20/h3-9,17H,1-2H3,(H,19,20). The average Bonchev–Trinajstić information content (AvgIpc) is 2.47. The van der Waals surface area contributed by atoms with Gasteiger partial charge in [-0.05, 0) is 58.4 Å². The number of carbonyl (C=O) groups is 1. The van der Waals surface area contributed by atoms with Crippen LogP contribution in [0.4, 0.5) is 11.4 Å². The van der Waals surface area contributed by atoms with Gasteiger partial charge in [0, 0.05) is 29.9 Å². The topological polar surface area (TPSA) is 86.7 Å². The first-order valence-corrected chi connectivity index (χ1v) is 8.81. The van der Waals surface area contributed by atoms with Crippen molar-refractivity contribution in [3.05, 3.63) is 52.5 Å². The summed E-state index contributed by atoms with van der Waals surface area (Å²) in [4.78, 5) is 12.9. The second kappa shape index (κ2) is 6.59. The first kappa shape index (κ1) is 17.3. The number of benzene rings is 2. The third-order valence-corrected chi connectivity index (χ3v) is 5.18. The number of nitrogens with zero attached hydrogens (tertiary/aromatic N) is 1. The van der Waals surface area contributed by atoms with Crippen LogP contribution < -0.4 is 9.62 Å². The molecular weight excluding hydrogens is 384 g/mol. The molecule has 0 radical (unpaired) electrons. The Balaban J connectivity index is 2.32. The van der Waals surface area contributed by atoms with Gasteiger partial charge in [-0.15, -0.1) is 0 Å². The van der Waals surface area contributed by atoms with Gasteiger partial charge in [-0.1, -0.05) is 0 Å². The van der Waals surface area contributed by atoms with Gasteiger partial charge in [0.05, 0.1) is 10.5 Å². The number of nitrogens with one attached hydrogen (secondary N) is 1. The molecule has 0 saturated carbocycles. The number of hydrogen-bond donors (Lipinski definition) is 2. The monoisotopic (exact) mass is 398 g/mol. The van der Waals surface area contributed by atoms with Crippen LogP contribution in [0.15, 0.2) is 51.8 Å². The van der Waals surface area contributed by atoms with Crippen molar-refractivity contribution in [2.24, 2.45) is 0 Å². The Kier molecular flexibility index (Phi) is 4.96. The molecule has 2 N–H and O–H groups in total. The summed E-state index contributed by atoms with van der Waals surface area (Å²) in [6.07, 6.45) is 0. The summed E-state index contributed by atoms with van der Waals surface area (Å²) in [5.41, 5.74) is 1.22. The molecule has 0 amide bonds. The Labute approximate surface area is 142 Å². The number of carboxylic acids is 1. The molecule has 0 bridgehead atoms. The van der Waals surface area contributed by atoms with E-state index >= 15 is 0 Å². The largest absolute Gasteiger partial charge is 0.478 e. The molecular formula is C15H15BrN2O4S. The lowest BCUT2D eigenvalue weighted by Gasteiger charge is -2.14. The Morgan fingerprint density at radius 3 is 2.26 bits per heavy atom. The predicted octanol–water partition coefficient (Wildman–Crippen LogP) is 3.01. The molecule has 0 aliphatic carbocycles. The summed E-state index contributed by atoms with van der Waals surface area (Å²) in [5, 5.41) is 9.08. The molecule has 8 heteroatoms. The van der Waals surface area contributed by atoms with Crippen molar-refractivity contribution in [2.45, 2.75) is 4.90 Å². The second-order valence-corrected chi connectivity index (χ2v) is 7.53. The minimum absolute atomic E-state index is 0.115. The van der Waals surface area contributed by atoms with Crippen molar-refractivity contribution >= 4 is 43.3 Å². The van der Waals surface area contributed by atoms with E-state index in [2.05, 4.69) is 20.7 Å². The molecule has 2 aromatic carbocycles. The molecule has 0 unspecified atom stereocenters. The van der Waals surface area contributed by atoms with Crippen LogP contribution in [0.25, 0.3) is 0 Å². The van der Waals surface area contributed by atoms with Crippen LogP contribution in [0.5, 0.6) is 0 Å². The van der Waals surface area contributed by atoms with E-state index in [1.807, 2.05) is 19.0 Å². The zero-order valence-corrected chi connectivity index (χ0v) is 14.8. The maximum absolute atomic E-state index is 12.4. The number of sulfonamides is 1. The highest BCUT2D eigenvalue weighted by molar-refractivity contribution is 9.10. The van der Waals surface area contributed by atoms with Crippen LogP contribution in [0, 0.1) is 0 Å². The lowest BCUT2D eigenvalue weighted by molar-refractivity contribution is 0.0695. The highest BCUT2D eigenvalue weighted by atomic mass is 79.9. The maximum atomic E-state index is 12.4. The average molecular weight is 399 g/mol. The Morgan fingerprint density at radius 2 is 1.74 bits per heavy atom. The van der Waals surface area contributed by atoms with E-state index in [0.29, 0.717) is 10.2 Å². The van der Waals surface area contributed by atoms with Crippen LogP contribution >= 0.6 is 15.9 Å². The van der Waals surface area contributed by atoms with Gasteiger partial charge in [0.25, 0.3) is 10.0 Å². The third-order valence-electron chi connectivity index (χ3n) is 3.11. The Morgan fingerprint density at radius 1 is 1.13 bits per heavy atom. The van der Waals surface area contributed by atoms with Crippen LogP contribution in [-0.2, 0) is 10.0 Å². The molecule has 0 spiro atoms. The molecule has 6 nitrogen and oxygen atoms in total. The number of hydrogen-bond acceptors (Lipinski definition) is 4. The van der Waals surface area contributed by atoms with Gasteiger partial charge in [0.1, 0.15) is 0 Å². The predicted molar refractivity (Wildman–Crippen MR) is 92.7 cm³/mol. The molecule has 0 fully saturated rings. The molecule has 0 aromatic heterocycles. The van der Waals surface area contributed by atoms with Crippen molar-refractivity contribution < 1.29 is 18.3 Å². The number of rotatable bonds is 5. The van der Waals surface area contributed by atoms with Gasteiger partial charge >= 0.3 is 5.97 Å². The van der Waals surface area contributed by atoms with E-state index in [1.54, 1.807) is 24.3 Å². The van der Waals surface area contributed by atoms with Crippen molar-refractivity contribution in [2.75, 3.05) is 23.7 Å². The van der Waals surface area contributed by atoms with Crippen LogP contribution in [0.1, 0.15) is 10.4 Å². The molecule has 122 valence electrons. The van der Waals surface area contributed by atoms with E-state index < -0.39 is 16.0 Å².